The van der Waals surface area contributed by atoms with E-state index in [4.69, 9.17) is 107 Å². The van der Waals surface area contributed by atoms with Crippen LogP contribution in [0.5, 0.6) is 0 Å². The quantitative estimate of drug-likeness (QED) is 0.189. The Labute approximate surface area is 320 Å². The number of fused-ring (bicyclic) bond motifs is 5. The van der Waals surface area contributed by atoms with Gasteiger partial charge in [-0.25, -0.2) is 0 Å². The van der Waals surface area contributed by atoms with E-state index in [1.54, 1.807) is 35.8 Å². The molecule has 1 aromatic heterocycles. The molecule has 25 radical (unpaired) electrons. The summed E-state index contributed by atoms with van der Waals surface area (Å²) in [6.45, 7) is 1.61. The van der Waals surface area contributed by atoms with Crippen molar-refractivity contribution < 1.29 is 0 Å². The number of hydrogen-bond acceptors (Lipinski definition) is 1. The first-order valence-corrected chi connectivity index (χ1v) is 16.2. The Morgan fingerprint density at radius 2 is 1.23 bits per heavy atom. The van der Waals surface area contributed by atoms with Crippen LogP contribution in [0.3, 0.4) is 0 Å². The minimum atomic E-state index is -2.20. The molecule has 0 atom stereocenters. The van der Waals surface area contributed by atoms with Gasteiger partial charge in [-0.2, -0.15) is 0 Å². The van der Waals surface area contributed by atoms with E-state index in [1.807, 2.05) is 54.6 Å². The minimum absolute atomic E-state index is 0.00278. The van der Waals surface area contributed by atoms with E-state index in [0.29, 0.717) is 27.5 Å². The molecule has 0 aliphatic rings. The first kappa shape index (κ1) is 36.4. The average Bonchev–Trinajstić information content (AvgIpc) is 3.51. The summed E-state index contributed by atoms with van der Waals surface area (Å²) >= 11 is 0. The van der Waals surface area contributed by atoms with E-state index in [0.717, 1.165) is 21.5 Å². The Kier molecular flexibility index (Phi) is 9.00. The molecule has 1 heterocycles. The number of rotatable bonds is 5. The molecule has 213 valence electrons. The number of nitrogens with zero attached hydrogens (tertiary/aromatic N) is 2. The van der Waals surface area contributed by atoms with Crippen molar-refractivity contribution in [3.05, 3.63) is 106 Å². The van der Waals surface area contributed by atoms with Crippen molar-refractivity contribution in [1.29, 1.82) is 0 Å². The zero-order valence-corrected chi connectivity index (χ0v) is 28.4. The SMILES string of the molecule is [B]/C(C)=C([B])/C([B])=c1/c(-n2c(C([B])([B])C([B])([B])[B])nc3ccccc32)c2c([B])c([B])c([B])c([B])c2c(-c2cc3ccccc3c3ccccc23)c1=[B]. The summed E-state index contributed by atoms with van der Waals surface area (Å²) in [5.41, 5.74) is 2.75. The molecule has 7 rings (SSSR count). The van der Waals surface area contributed by atoms with Gasteiger partial charge in [-0.05, 0) is 0 Å². The van der Waals surface area contributed by atoms with Gasteiger partial charge in [-0.3, -0.25) is 0 Å². The van der Waals surface area contributed by atoms with E-state index >= 15 is 0 Å². The van der Waals surface area contributed by atoms with Gasteiger partial charge in [0.2, 0.25) is 0 Å². The van der Waals surface area contributed by atoms with E-state index in [-0.39, 0.29) is 65.5 Å². The molecule has 0 aliphatic heterocycles. The predicted octanol–water partition coefficient (Wildman–Crippen LogP) is -0.339. The second-order valence-electron chi connectivity index (χ2n) is 13.2. The van der Waals surface area contributed by atoms with Gasteiger partial charge in [0.05, 0.1) is 0 Å². The molecule has 0 fully saturated rings. The van der Waals surface area contributed by atoms with Gasteiger partial charge < -0.3 is 0 Å². The second kappa shape index (κ2) is 12.9. The summed E-state index contributed by atoms with van der Waals surface area (Å²) < 4.78 is 1.59. The van der Waals surface area contributed by atoms with Crippen molar-refractivity contribution in [2.75, 3.05) is 0 Å². The fourth-order valence-corrected chi connectivity index (χ4v) is 6.95. The number of para-hydroxylation sites is 2. The molecular weight excluding hydrogens is 613 g/mol. The molecule has 7 aromatic rings. The zero-order valence-electron chi connectivity index (χ0n) is 28.4. The van der Waals surface area contributed by atoms with Crippen LogP contribution in [0.4, 0.5) is 0 Å². The summed E-state index contributed by atoms with van der Waals surface area (Å²) in [4.78, 5) is 4.78. The Morgan fingerprint density at radius 3 is 1.87 bits per heavy atom. The van der Waals surface area contributed by atoms with Gasteiger partial charge in [-0.1, -0.05) is 0 Å². The van der Waals surface area contributed by atoms with Gasteiger partial charge >= 0.3 is 322 Å². The van der Waals surface area contributed by atoms with Gasteiger partial charge in [0.25, 0.3) is 0 Å². The number of aromatic nitrogens is 2. The van der Waals surface area contributed by atoms with Crippen molar-refractivity contribution in [2.45, 2.75) is 17.3 Å². The molecule has 0 saturated carbocycles. The van der Waals surface area contributed by atoms with Crippen molar-refractivity contribution >= 4 is 172 Å². The normalized spacial score (nSPS) is 13.5. The van der Waals surface area contributed by atoms with Crippen LogP contribution in [0, 0.1) is 5.11 Å². The number of benzene rings is 6. The van der Waals surface area contributed by atoms with Gasteiger partial charge in [0, 0.05) is 0 Å². The average molecular weight is 629 g/mol. The molecule has 0 saturated heterocycles. The van der Waals surface area contributed by atoms with Gasteiger partial charge in [-0.15, -0.1) is 0 Å². The van der Waals surface area contributed by atoms with Crippen LogP contribution >= 0.6 is 0 Å². The Bertz CT molecular complexity index is 2810. The topological polar surface area (TPSA) is 17.8 Å². The third-order valence-corrected chi connectivity index (χ3v) is 9.81. The molecule has 52 heavy (non-hydrogen) atoms. The predicted molar refractivity (Wildman–Crippen MR) is 231 cm³/mol. The molecule has 15 heteroatoms. The van der Waals surface area contributed by atoms with Crippen LogP contribution < -0.4 is 27.1 Å². The van der Waals surface area contributed by atoms with Crippen LogP contribution in [-0.4, -0.2) is 111 Å². The standard InChI is InChI=1S/C37H16B13N2/c1-15(38)27(39)31(43)26-28(40)23(20-14-16-8-2-3-9-17(16)18-10-4-5-11-19(18)20)24-25(30(42)33(45)32(44)29(24)41)34(26)52-22-13-7-6-12-21(22)51-35(52)36(46,47)37(48,49)50/h2-14H,1H3/b27-15-,31-26-. The molecule has 6 aromatic carbocycles. The maximum absolute atomic E-state index is 7.40. The van der Waals surface area contributed by atoms with E-state index in [1.165, 1.54) is 0 Å². The van der Waals surface area contributed by atoms with Crippen LogP contribution in [0.2, 0.25) is 5.11 Å². The van der Waals surface area contributed by atoms with Gasteiger partial charge in [0.15, 0.2) is 0 Å². The Balaban J connectivity index is 1.88. The molecule has 0 aliphatic carbocycles. The first-order valence-electron chi connectivity index (χ1n) is 16.2. The van der Waals surface area contributed by atoms with Crippen molar-refractivity contribution in [3.8, 4) is 16.8 Å². The Morgan fingerprint density at radius 1 is 0.673 bits per heavy atom. The molecule has 0 N–H and O–H groups in total. The summed E-state index contributed by atoms with van der Waals surface area (Å²) in [5.74, 6) is -0.0692. The van der Waals surface area contributed by atoms with Crippen LogP contribution in [0.15, 0.2) is 89.8 Å². The van der Waals surface area contributed by atoms with Crippen LogP contribution in [0.1, 0.15) is 12.7 Å². The third kappa shape index (κ3) is 5.35. The van der Waals surface area contributed by atoms with E-state index < -0.39 is 10.3 Å². The van der Waals surface area contributed by atoms with E-state index in [2.05, 4.69) is 0 Å². The molecule has 0 bridgehead atoms. The molecule has 0 spiro atoms. The molecule has 0 amide bonds. The van der Waals surface area contributed by atoms with Crippen molar-refractivity contribution in [2.24, 2.45) is 0 Å². The number of allylic oxidation sites excluding steroid dienone is 2. The molecular formula is C37H16B13N2. The number of hydrogen-bond donors (Lipinski definition) is 0. The summed E-state index contributed by atoms with van der Waals surface area (Å²) in [6, 6.07) is 25.0. The number of imidazole rings is 1. The monoisotopic (exact) mass is 631 g/mol. The fraction of sp³-hybridized carbons (Fsp3) is 0.0811. The third-order valence-electron chi connectivity index (χ3n) is 9.81. The van der Waals surface area contributed by atoms with Crippen LogP contribution in [0.25, 0.3) is 65.6 Å². The fourth-order valence-electron chi connectivity index (χ4n) is 6.95. The zero-order chi connectivity index (χ0) is 37.6. The second-order valence-corrected chi connectivity index (χ2v) is 13.2. The summed E-state index contributed by atoms with van der Waals surface area (Å²) in [7, 11) is 86.5. The maximum atomic E-state index is 7.40. The molecule has 2 nitrogen and oxygen atoms in total. The van der Waals surface area contributed by atoms with Crippen LogP contribution in [-0.2, 0) is 5.21 Å². The van der Waals surface area contributed by atoms with E-state index in [9.17, 15) is 0 Å². The molecule has 0 unspecified atom stereocenters. The first-order chi connectivity index (χ1) is 24.5. The summed E-state index contributed by atoms with van der Waals surface area (Å²) in [6.07, 6.45) is 0. The summed E-state index contributed by atoms with van der Waals surface area (Å²) in [5, 5.41) is 0.368. The van der Waals surface area contributed by atoms with Crippen molar-refractivity contribution in [1.82, 2.24) is 9.55 Å². The van der Waals surface area contributed by atoms with Gasteiger partial charge in [0.1, 0.15) is 0 Å². The van der Waals surface area contributed by atoms with Crippen molar-refractivity contribution in [3.63, 3.8) is 0 Å². The Hall–Kier alpha value is -3.98.